The van der Waals surface area contributed by atoms with E-state index in [-0.39, 0.29) is 28.5 Å². The van der Waals surface area contributed by atoms with E-state index in [4.69, 9.17) is 4.42 Å². The van der Waals surface area contributed by atoms with Gasteiger partial charge in [-0.3, -0.25) is 24.6 Å². The van der Waals surface area contributed by atoms with Crippen molar-refractivity contribution in [2.75, 3.05) is 4.90 Å². The zero-order valence-electron chi connectivity index (χ0n) is 14.6. The first-order chi connectivity index (χ1) is 14.0. The van der Waals surface area contributed by atoms with Crippen LogP contribution < -0.4 is 4.90 Å². The van der Waals surface area contributed by atoms with E-state index in [1.165, 1.54) is 61.1 Å². The number of aliphatic hydroxyl groups excluding tert-OH is 1. The fourth-order valence-corrected chi connectivity index (χ4v) is 3.12. The summed E-state index contributed by atoms with van der Waals surface area (Å²) in [6.45, 7) is 0. The van der Waals surface area contributed by atoms with Crippen LogP contribution in [0.1, 0.15) is 22.2 Å². The summed E-state index contributed by atoms with van der Waals surface area (Å²) < 4.78 is 5.11. The molecule has 0 fully saturated rings. The Morgan fingerprint density at radius 3 is 2.59 bits per heavy atom. The molecule has 0 bridgehead atoms. The number of furan rings is 1. The highest BCUT2D eigenvalue weighted by atomic mass is 16.6. The van der Waals surface area contributed by atoms with Crippen molar-refractivity contribution in [2.45, 2.75) is 6.04 Å². The molecule has 144 valence electrons. The van der Waals surface area contributed by atoms with Crippen molar-refractivity contribution in [1.29, 1.82) is 0 Å². The number of nitrogens with zero attached hydrogens (tertiary/aromatic N) is 4. The average Bonchev–Trinajstić information content (AvgIpc) is 3.36. The van der Waals surface area contributed by atoms with Gasteiger partial charge in [-0.2, -0.15) is 0 Å². The van der Waals surface area contributed by atoms with Gasteiger partial charge in [0.05, 0.1) is 22.8 Å². The van der Waals surface area contributed by atoms with Gasteiger partial charge in [-0.1, -0.05) is 12.1 Å². The molecule has 0 unspecified atom stereocenters. The van der Waals surface area contributed by atoms with Gasteiger partial charge < -0.3 is 9.52 Å². The zero-order chi connectivity index (χ0) is 20.5. The molecule has 1 N–H and O–H groups in total. The fraction of sp³-hybridized carbons (Fsp3) is 0.0526. The van der Waals surface area contributed by atoms with Gasteiger partial charge in [-0.25, -0.2) is 9.97 Å². The second-order valence-corrected chi connectivity index (χ2v) is 6.05. The van der Waals surface area contributed by atoms with Crippen LogP contribution in [0.2, 0.25) is 0 Å². The Morgan fingerprint density at radius 2 is 1.93 bits per heavy atom. The summed E-state index contributed by atoms with van der Waals surface area (Å²) in [5.74, 6) is -2.58. The Bertz CT molecular complexity index is 1140. The lowest BCUT2D eigenvalue weighted by Crippen LogP contribution is -2.32. The molecule has 10 heteroatoms. The van der Waals surface area contributed by atoms with Crippen LogP contribution in [-0.4, -0.2) is 31.7 Å². The number of amides is 1. The van der Waals surface area contributed by atoms with E-state index in [0.29, 0.717) is 0 Å². The van der Waals surface area contributed by atoms with Gasteiger partial charge in [0.1, 0.15) is 0 Å². The molecule has 1 atom stereocenters. The van der Waals surface area contributed by atoms with E-state index in [9.17, 15) is 24.8 Å². The first kappa shape index (κ1) is 18.0. The standard InChI is InChI=1S/C19H12N4O6/c24-16(13-6-2-9-29-13)14-15(11-4-1-5-12(10-11)23(27)28)22(18(26)17(14)25)19-20-7-3-8-21-19/h1-10,15,25H/t15-/m0/s1. The highest BCUT2D eigenvalue weighted by molar-refractivity contribution is 6.19. The number of nitro groups is 1. The molecule has 10 nitrogen and oxygen atoms in total. The van der Waals surface area contributed by atoms with Gasteiger partial charge in [0.2, 0.25) is 11.7 Å². The molecular formula is C19H12N4O6. The van der Waals surface area contributed by atoms with Crippen molar-refractivity contribution in [3.63, 3.8) is 0 Å². The van der Waals surface area contributed by atoms with Crippen molar-refractivity contribution in [3.05, 3.63) is 93.9 Å². The van der Waals surface area contributed by atoms with E-state index >= 15 is 0 Å². The van der Waals surface area contributed by atoms with E-state index in [2.05, 4.69) is 9.97 Å². The summed E-state index contributed by atoms with van der Waals surface area (Å²) in [6, 6.07) is 8.67. The number of benzene rings is 1. The normalized spacial score (nSPS) is 16.3. The number of hydrogen-bond acceptors (Lipinski definition) is 8. The molecule has 4 rings (SSSR count). The molecule has 3 aromatic rings. The Balaban J connectivity index is 1.91. The van der Waals surface area contributed by atoms with E-state index < -0.39 is 28.4 Å². The number of aliphatic hydroxyl groups is 1. The number of carbonyl (C=O) groups excluding carboxylic acids is 2. The first-order valence-electron chi connectivity index (χ1n) is 8.35. The number of ketones is 1. The molecule has 0 saturated heterocycles. The molecule has 0 spiro atoms. The van der Waals surface area contributed by atoms with Gasteiger partial charge >= 0.3 is 0 Å². The first-order valence-corrected chi connectivity index (χ1v) is 8.35. The maximum absolute atomic E-state index is 13.0. The van der Waals surface area contributed by atoms with Crippen molar-refractivity contribution >= 4 is 23.3 Å². The minimum Gasteiger partial charge on any atom is -0.503 e. The summed E-state index contributed by atoms with van der Waals surface area (Å²) in [7, 11) is 0. The van der Waals surface area contributed by atoms with E-state index in [1.807, 2.05) is 0 Å². The second-order valence-electron chi connectivity index (χ2n) is 6.05. The number of Topliss-reactive ketones (excluding diaryl/α,β-unsaturated/α-hetero) is 1. The lowest BCUT2D eigenvalue weighted by molar-refractivity contribution is -0.384. The van der Waals surface area contributed by atoms with Gasteiger partial charge in [0.15, 0.2) is 11.5 Å². The van der Waals surface area contributed by atoms with Crippen LogP contribution in [0.25, 0.3) is 0 Å². The second kappa shape index (κ2) is 7.00. The summed E-state index contributed by atoms with van der Waals surface area (Å²) in [4.78, 5) is 45.5. The molecule has 0 saturated carbocycles. The average molecular weight is 392 g/mol. The van der Waals surface area contributed by atoms with Gasteiger partial charge in [0, 0.05) is 24.5 Å². The third-order valence-corrected chi connectivity index (χ3v) is 4.36. The van der Waals surface area contributed by atoms with Crippen LogP contribution >= 0.6 is 0 Å². The molecule has 2 aromatic heterocycles. The summed E-state index contributed by atoms with van der Waals surface area (Å²) in [5, 5.41) is 21.7. The number of rotatable bonds is 5. The predicted molar refractivity (Wildman–Crippen MR) is 98.0 cm³/mol. The summed E-state index contributed by atoms with van der Waals surface area (Å²) >= 11 is 0. The fourth-order valence-electron chi connectivity index (χ4n) is 3.12. The molecule has 1 aromatic carbocycles. The van der Waals surface area contributed by atoms with Crippen molar-refractivity contribution in [2.24, 2.45) is 0 Å². The lowest BCUT2D eigenvalue weighted by Gasteiger charge is -2.24. The largest absolute Gasteiger partial charge is 0.503 e. The Morgan fingerprint density at radius 1 is 1.17 bits per heavy atom. The van der Waals surface area contributed by atoms with Crippen molar-refractivity contribution in [1.82, 2.24) is 9.97 Å². The smallest absolute Gasteiger partial charge is 0.296 e. The van der Waals surface area contributed by atoms with Crippen LogP contribution in [0, 0.1) is 10.1 Å². The zero-order valence-corrected chi connectivity index (χ0v) is 14.6. The molecule has 0 aliphatic carbocycles. The van der Waals surface area contributed by atoms with Gasteiger partial charge in [-0.15, -0.1) is 0 Å². The molecule has 1 aliphatic heterocycles. The van der Waals surface area contributed by atoms with Crippen LogP contribution in [0.3, 0.4) is 0 Å². The third-order valence-electron chi connectivity index (χ3n) is 4.36. The number of anilines is 1. The van der Waals surface area contributed by atoms with Gasteiger partial charge in [0.25, 0.3) is 11.6 Å². The molecule has 3 heterocycles. The van der Waals surface area contributed by atoms with Gasteiger partial charge in [-0.05, 0) is 23.8 Å². The lowest BCUT2D eigenvalue weighted by atomic mass is 9.95. The Labute approximate surface area is 162 Å². The maximum Gasteiger partial charge on any atom is 0.296 e. The van der Waals surface area contributed by atoms with Crippen LogP contribution in [-0.2, 0) is 4.79 Å². The summed E-state index contributed by atoms with van der Waals surface area (Å²) in [5.41, 5.74) is -0.281. The summed E-state index contributed by atoms with van der Waals surface area (Å²) in [6.07, 6.45) is 4.06. The van der Waals surface area contributed by atoms with Crippen LogP contribution in [0.15, 0.2) is 76.9 Å². The minimum atomic E-state index is -1.18. The number of carbonyl (C=O) groups is 2. The maximum atomic E-state index is 13.0. The Kier molecular flexibility index (Phi) is 4.36. The number of aromatic nitrogens is 2. The third kappa shape index (κ3) is 3.02. The molecule has 1 aliphatic rings. The van der Waals surface area contributed by atoms with Crippen LogP contribution in [0.4, 0.5) is 11.6 Å². The Hall–Kier alpha value is -4.34. The quantitative estimate of drug-likeness (QED) is 0.397. The van der Waals surface area contributed by atoms with Crippen molar-refractivity contribution in [3.8, 4) is 0 Å². The van der Waals surface area contributed by atoms with E-state index in [0.717, 1.165) is 4.90 Å². The molecule has 1 amide bonds. The topological polar surface area (TPSA) is 140 Å². The van der Waals surface area contributed by atoms with Crippen molar-refractivity contribution < 1.29 is 24.0 Å². The highest BCUT2D eigenvalue weighted by Crippen LogP contribution is 2.41. The minimum absolute atomic E-state index is 0.0669. The monoisotopic (exact) mass is 392 g/mol. The number of hydrogen-bond donors (Lipinski definition) is 1. The van der Waals surface area contributed by atoms with Crippen LogP contribution in [0.5, 0.6) is 0 Å². The molecule has 0 radical (unpaired) electrons. The predicted octanol–water partition coefficient (Wildman–Crippen LogP) is 2.76. The van der Waals surface area contributed by atoms with E-state index in [1.54, 1.807) is 0 Å². The SMILES string of the molecule is O=C(C1=C(O)C(=O)N(c2ncccn2)[C@H]1c1cccc([N+](=O)[O-])c1)c1ccco1. The number of non-ortho nitro benzene ring substituents is 1. The number of nitro benzene ring substituents is 1. The highest BCUT2D eigenvalue weighted by Gasteiger charge is 2.46. The molecule has 29 heavy (non-hydrogen) atoms. The molecular weight excluding hydrogens is 380 g/mol.